The summed E-state index contributed by atoms with van der Waals surface area (Å²) in [4.78, 5) is 5.12. The molecule has 4 nitrogen and oxygen atoms in total. The molecule has 2 heterocycles. The Bertz CT molecular complexity index is 1270. The second-order valence-corrected chi connectivity index (χ2v) is 9.03. The van der Waals surface area contributed by atoms with Crippen molar-refractivity contribution in [2.45, 2.75) is 24.2 Å². The van der Waals surface area contributed by atoms with E-state index >= 15 is 0 Å². The van der Waals surface area contributed by atoms with Gasteiger partial charge in [0, 0.05) is 6.08 Å². The van der Waals surface area contributed by atoms with E-state index in [0.717, 1.165) is 11.7 Å². The van der Waals surface area contributed by atoms with E-state index < -0.39 is 0 Å². The summed E-state index contributed by atoms with van der Waals surface area (Å²) in [6, 6.07) is 42.7. The average Bonchev–Trinajstić information content (AvgIpc) is 3.56. The molecular weight excluding hydrogens is 464 g/mol. The standard InChI is InChI=1S/C31H28N4.ClH/c1-5-13-22(14-6-1)28-29(23-15-7-2-8-16-23)33-26(32-28)21-27-34-30(24-17-9-3-10-18-24)31(35-27)25-19-11-4-12-20-25;/h1-21,28-33H,(H,34,35);1H/t28-,29-,30-,31-;/m1./s1. The zero-order valence-corrected chi connectivity index (χ0v) is 20.6. The Balaban J connectivity index is 0.00000267. The summed E-state index contributed by atoms with van der Waals surface area (Å²) in [6.45, 7) is 0. The topological polar surface area (TPSA) is 48.5 Å². The van der Waals surface area contributed by atoms with Crippen LogP contribution in [0.15, 0.2) is 138 Å². The summed E-state index contributed by atoms with van der Waals surface area (Å²) in [6.07, 6.45) is 2.11. The van der Waals surface area contributed by atoms with Crippen LogP contribution in [-0.4, -0.2) is 5.84 Å². The number of nitrogens with zero attached hydrogens (tertiary/aromatic N) is 1. The third-order valence-electron chi connectivity index (χ3n) is 6.75. The molecule has 2 aliphatic rings. The first-order valence-corrected chi connectivity index (χ1v) is 12.1. The van der Waals surface area contributed by atoms with E-state index in [-0.39, 0.29) is 36.6 Å². The van der Waals surface area contributed by atoms with Gasteiger partial charge in [0.2, 0.25) is 0 Å². The van der Waals surface area contributed by atoms with Crippen LogP contribution in [0.3, 0.4) is 0 Å². The lowest BCUT2D eigenvalue weighted by Crippen LogP contribution is -2.25. The maximum Gasteiger partial charge on any atom is 0.125 e. The zero-order chi connectivity index (χ0) is 23.5. The van der Waals surface area contributed by atoms with E-state index in [9.17, 15) is 0 Å². The van der Waals surface area contributed by atoms with E-state index in [2.05, 4.69) is 143 Å². The molecule has 36 heavy (non-hydrogen) atoms. The largest absolute Gasteiger partial charge is 0.363 e. The molecule has 3 N–H and O–H groups in total. The third-order valence-corrected chi connectivity index (χ3v) is 6.75. The first kappa shape index (κ1) is 23.7. The van der Waals surface area contributed by atoms with Crippen molar-refractivity contribution < 1.29 is 0 Å². The van der Waals surface area contributed by atoms with Crippen LogP contribution in [0.2, 0.25) is 0 Å². The lowest BCUT2D eigenvalue weighted by atomic mass is 9.95. The van der Waals surface area contributed by atoms with Crippen molar-refractivity contribution in [2.24, 2.45) is 4.99 Å². The molecule has 2 aliphatic heterocycles. The van der Waals surface area contributed by atoms with E-state index in [4.69, 9.17) is 4.99 Å². The SMILES string of the molecule is C(=C1N[C@H](c2ccccc2)[C@@H](c2ccccc2)N1)C1=N[C@H](c2ccccc2)[C@@H](c2ccccc2)N1.Cl. The first-order valence-electron chi connectivity index (χ1n) is 12.1. The molecule has 0 bridgehead atoms. The van der Waals surface area contributed by atoms with E-state index in [1.54, 1.807) is 0 Å². The highest BCUT2D eigenvalue weighted by Crippen LogP contribution is 2.37. The minimum Gasteiger partial charge on any atom is -0.363 e. The van der Waals surface area contributed by atoms with Gasteiger partial charge in [-0.1, -0.05) is 121 Å². The summed E-state index contributed by atoms with van der Waals surface area (Å²) in [5.74, 6) is 1.85. The Morgan fingerprint density at radius 2 is 0.861 bits per heavy atom. The molecule has 180 valence electrons. The molecule has 0 aromatic heterocycles. The number of rotatable bonds is 5. The lowest BCUT2D eigenvalue weighted by molar-refractivity contribution is 0.554. The predicted molar refractivity (Wildman–Crippen MR) is 149 cm³/mol. The molecule has 1 saturated heterocycles. The molecule has 4 aromatic carbocycles. The average molecular weight is 493 g/mol. The Morgan fingerprint density at radius 3 is 1.31 bits per heavy atom. The van der Waals surface area contributed by atoms with Crippen molar-refractivity contribution >= 4 is 18.2 Å². The number of benzene rings is 4. The molecule has 0 saturated carbocycles. The first-order chi connectivity index (χ1) is 17.3. The summed E-state index contributed by atoms with van der Waals surface area (Å²) < 4.78 is 0. The molecule has 0 radical (unpaired) electrons. The van der Waals surface area contributed by atoms with Crippen LogP contribution in [0.5, 0.6) is 0 Å². The number of amidine groups is 1. The Hall–Kier alpha value is -4.02. The second-order valence-electron chi connectivity index (χ2n) is 9.03. The highest BCUT2D eigenvalue weighted by atomic mass is 35.5. The quantitative estimate of drug-likeness (QED) is 0.301. The normalized spacial score (nSPS) is 22.4. The van der Waals surface area contributed by atoms with Gasteiger partial charge in [-0.25, -0.2) is 0 Å². The molecule has 0 spiro atoms. The number of hydrogen-bond acceptors (Lipinski definition) is 4. The fourth-order valence-corrected chi connectivity index (χ4v) is 5.06. The number of halogens is 1. The number of hydrogen-bond donors (Lipinski definition) is 3. The molecule has 0 aliphatic carbocycles. The summed E-state index contributed by atoms with van der Waals surface area (Å²) >= 11 is 0. The molecule has 1 fully saturated rings. The second kappa shape index (κ2) is 10.7. The third kappa shape index (κ3) is 4.86. The van der Waals surface area contributed by atoms with Crippen molar-refractivity contribution in [3.8, 4) is 0 Å². The summed E-state index contributed by atoms with van der Waals surface area (Å²) in [5, 5.41) is 11.1. The highest BCUT2D eigenvalue weighted by Gasteiger charge is 2.34. The maximum absolute atomic E-state index is 5.12. The summed E-state index contributed by atoms with van der Waals surface area (Å²) in [5.41, 5.74) is 4.94. The zero-order valence-electron chi connectivity index (χ0n) is 19.8. The van der Waals surface area contributed by atoms with Crippen LogP contribution in [0, 0.1) is 0 Å². The molecule has 6 rings (SSSR count). The van der Waals surface area contributed by atoms with E-state index in [1.165, 1.54) is 22.3 Å². The van der Waals surface area contributed by atoms with Crippen LogP contribution < -0.4 is 16.0 Å². The molecule has 0 amide bonds. The van der Waals surface area contributed by atoms with Crippen LogP contribution in [0.25, 0.3) is 0 Å². The van der Waals surface area contributed by atoms with Crippen molar-refractivity contribution in [3.05, 3.63) is 155 Å². The van der Waals surface area contributed by atoms with Crippen molar-refractivity contribution in [2.75, 3.05) is 0 Å². The monoisotopic (exact) mass is 492 g/mol. The Labute approximate surface area is 218 Å². The smallest absolute Gasteiger partial charge is 0.125 e. The van der Waals surface area contributed by atoms with E-state index in [1.807, 2.05) is 0 Å². The van der Waals surface area contributed by atoms with Gasteiger partial charge in [0.25, 0.3) is 0 Å². The minimum absolute atomic E-state index is 0. The fraction of sp³-hybridized carbons (Fsp3) is 0.129. The molecule has 5 heteroatoms. The van der Waals surface area contributed by atoms with Gasteiger partial charge in [-0.3, -0.25) is 4.99 Å². The van der Waals surface area contributed by atoms with Gasteiger partial charge in [0.05, 0.1) is 18.1 Å². The van der Waals surface area contributed by atoms with Gasteiger partial charge in [0.15, 0.2) is 0 Å². The molecule has 4 atom stereocenters. The Kier molecular flexibility index (Phi) is 7.06. The molecular formula is C31H29ClN4. The van der Waals surface area contributed by atoms with Crippen molar-refractivity contribution in [1.29, 1.82) is 0 Å². The van der Waals surface area contributed by atoms with Crippen molar-refractivity contribution in [1.82, 2.24) is 16.0 Å². The maximum atomic E-state index is 5.12. The number of aliphatic imine (C=N–C) groups is 1. The van der Waals surface area contributed by atoms with Crippen molar-refractivity contribution in [3.63, 3.8) is 0 Å². The fourth-order valence-electron chi connectivity index (χ4n) is 5.06. The van der Waals surface area contributed by atoms with Crippen LogP contribution in [-0.2, 0) is 0 Å². The van der Waals surface area contributed by atoms with Gasteiger partial charge in [-0.15, -0.1) is 12.4 Å². The van der Waals surface area contributed by atoms with Crippen LogP contribution in [0.4, 0.5) is 0 Å². The van der Waals surface area contributed by atoms with Crippen LogP contribution >= 0.6 is 12.4 Å². The van der Waals surface area contributed by atoms with Gasteiger partial charge < -0.3 is 16.0 Å². The number of nitrogens with one attached hydrogen (secondary N) is 3. The van der Waals surface area contributed by atoms with Gasteiger partial charge in [-0.2, -0.15) is 0 Å². The Morgan fingerprint density at radius 1 is 0.472 bits per heavy atom. The predicted octanol–water partition coefficient (Wildman–Crippen LogP) is 6.41. The highest BCUT2D eigenvalue weighted by molar-refractivity contribution is 5.95. The van der Waals surface area contributed by atoms with Gasteiger partial charge in [0.1, 0.15) is 17.7 Å². The molecule has 4 aromatic rings. The lowest BCUT2D eigenvalue weighted by Gasteiger charge is -2.19. The summed E-state index contributed by atoms with van der Waals surface area (Å²) in [7, 11) is 0. The minimum atomic E-state index is 0. The van der Waals surface area contributed by atoms with Gasteiger partial charge in [-0.05, 0) is 22.3 Å². The van der Waals surface area contributed by atoms with Crippen LogP contribution in [0.1, 0.15) is 46.4 Å². The van der Waals surface area contributed by atoms with Gasteiger partial charge >= 0.3 is 0 Å². The van der Waals surface area contributed by atoms with E-state index in [0.29, 0.717) is 0 Å². The molecule has 0 unspecified atom stereocenters.